The molecule has 0 aromatic heterocycles. The summed E-state index contributed by atoms with van der Waals surface area (Å²) < 4.78 is 14.0. The van der Waals surface area contributed by atoms with E-state index in [0.29, 0.717) is 12.3 Å². The monoisotopic (exact) mass is 242 g/mol. The summed E-state index contributed by atoms with van der Waals surface area (Å²) in [7, 11) is 0. The molecule has 0 aliphatic heterocycles. The number of halogens is 1. The molecule has 0 unspecified atom stereocenters. The molecule has 0 nitrogen and oxygen atoms in total. The molecule has 0 saturated heterocycles. The van der Waals surface area contributed by atoms with E-state index in [1.54, 1.807) is 6.07 Å². The molecule has 0 fully saturated rings. The van der Waals surface area contributed by atoms with Crippen molar-refractivity contribution in [2.45, 2.75) is 33.1 Å². The van der Waals surface area contributed by atoms with Gasteiger partial charge in [-0.15, -0.1) is 0 Å². The van der Waals surface area contributed by atoms with Crippen LogP contribution in [-0.4, -0.2) is 0 Å². The van der Waals surface area contributed by atoms with Gasteiger partial charge < -0.3 is 0 Å². The second-order valence-corrected chi connectivity index (χ2v) is 5.11. The second kappa shape index (κ2) is 5.34. The first-order chi connectivity index (χ1) is 8.58. The normalized spacial score (nSPS) is 10.9. The second-order valence-electron chi connectivity index (χ2n) is 5.11. The number of hydrogen-bond donors (Lipinski definition) is 0. The third-order valence-corrected chi connectivity index (χ3v) is 3.39. The summed E-state index contributed by atoms with van der Waals surface area (Å²) >= 11 is 0. The molecule has 0 amide bonds. The summed E-state index contributed by atoms with van der Waals surface area (Å²) in [6, 6.07) is 13.7. The van der Waals surface area contributed by atoms with Gasteiger partial charge in [0.25, 0.3) is 0 Å². The summed E-state index contributed by atoms with van der Waals surface area (Å²) in [5.41, 5.74) is 4.23. The van der Waals surface area contributed by atoms with Crippen LogP contribution in [0.3, 0.4) is 0 Å². The topological polar surface area (TPSA) is 0 Å². The SMILES string of the molecule is Cc1ccccc1Cc1ccc(C(C)C)cc1F. The van der Waals surface area contributed by atoms with Crippen molar-refractivity contribution in [3.8, 4) is 0 Å². The summed E-state index contributed by atoms with van der Waals surface area (Å²) in [5.74, 6) is 0.275. The van der Waals surface area contributed by atoms with Crippen LogP contribution >= 0.6 is 0 Å². The van der Waals surface area contributed by atoms with Crippen LogP contribution in [0.2, 0.25) is 0 Å². The van der Waals surface area contributed by atoms with Crippen LogP contribution in [0, 0.1) is 12.7 Å². The van der Waals surface area contributed by atoms with Gasteiger partial charge in [0.2, 0.25) is 0 Å². The van der Waals surface area contributed by atoms with Crippen LogP contribution in [-0.2, 0) is 6.42 Å². The highest BCUT2D eigenvalue weighted by Crippen LogP contribution is 2.21. The summed E-state index contributed by atoms with van der Waals surface area (Å²) in [5, 5.41) is 0. The molecular weight excluding hydrogens is 223 g/mol. The molecule has 94 valence electrons. The van der Waals surface area contributed by atoms with Crippen molar-refractivity contribution >= 4 is 0 Å². The molecule has 0 heterocycles. The Labute approximate surface area is 108 Å². The minimum Gasteiger partial charge on any atom is -0.207 e. The first-order valence-corrected chi connectivity index (χ1v) is 6.40. The average molecular weight is 242 g/mol. The number of rotatable bonds is 3. The van der Waals surface area contributed by atoms with Gasteiger partial charge in [-0.1, -0.05) is 50.2 Å². The third kappa shape index (κ3) is 2.79. The van der Waals surface area contributed by atoms with Crippen molar-refractivity contribution in [1.82, 2.24) is 0 Å². The number of benzene rings is 2. The van der Waals surface area contributed by atoms with Gasteiger partial charge in [-0.25, -0.2) is 4.39 Å². The lowest BCUT2D eigenvalue weighted by molar-refractivity contribution is 0.609. The summed E-state index contributed by atoms with van der Waals surface area (Å²) in [6.45, 7) is 6.22. The largest absolute Gasteiger partial charge is 0.207 e. The first kappa shape index (κ1) is 12.8. The molecule has 1 heteroatoms. The van der Waals surface area contributed by atoms with Gasteiger partial charge >= 0.3 is 0 Å². The lowest BCUT2D eigenvalue weighted by atomic mass is 9.96. The Balaban J connectivity index is 2.28. The lowest BCUT2D eigenvalue weighted by Gasteiger charge is -2.10. The minimum absolute atomic E-state index is 0.0931. The molecule has 0 spiro atoms. The predicted molar refractivity (Wildman–Crippen MR) is 74.5 cm³/mol. The smallest absolute Gasteiger partial charge is 0.127 e. The molecule has 2 aromatic carbocycles. The van der Waals surface area contributed by atoms with Gasteiger partial charge in [0.1, 0.15) is 5.82 Å². The summed E-state index contributed by atoms with van der Waals surface area (Å²) in [6.07, 6.45) is 0.664. The molecule has 0 saturated carbocycles. The maximum Gasteiger partial charge on any atom is 0.127 e. The lowest BCUT2D eigenvalue weighted by Crippen LogP contribution is -1.97. The Kier molecular flexibility index (Phi) is 3.81. The van der Waals surface area contributed by atoms with Crippen molar-refractivity contribution in [2.75, 3.05) is 0 Å². The first-order valence-electron chi connectivity index (χ1n) is 6.40. The van der Waals surface area contributed by atoms with Gasteiger partial charge in [-0.3, -0.25) is 0 Å². The van der Waals surface area contributed by atoms with E-state index in [-0.39, 0.29) is 5.82 Å². The van der Waals surface area contributed by atoms with E-state index in [4.69, 9.17) is 0 Å². The Bertz CT molecular complexity index is 541. The zero-order valence-corrected chi connectivity index (χ0v) is 11.2. The van der Waals surface area contributed by atoms with Gasteiger partial charge in [-0.05, 0) is 41.2 Å². The Hall–Kier alpha value is -1.63. The Morgan fingerprint density at radius 3 is 2.33 bits per heavy atom. The fourth-order valence-electron chi connectivity index (χ4n) is 2.08. The van der Waals surface area contributed by atoms with Crippen LogP contribution in [0.4, 0.5) is 4.39 Å². The van der Waals surface area contributed by atoms with E-state index < -0.39 is 0 Å². The van der Waals surface area contributed by atoms with Crippen molar-refractivity contribution in [1.29, 1.82) is 0 Å². The van der Waals surface area contributed by atoms with Crippen LogP contribution < -0.4 is 0 Å². The molecule has 0 N–H and O–H groups in total. The quantitative estimate of drug-likeness (QED) is 0.722. The Morgan fingerprint density at radius 2 is 1.72 bits per heavy atom. The molecule has 0 aliphatic carbocycles. The van der Waals surface area contributed by atoms with Crippen molar-refractivity contribution in [2.24, 2.45) is 0 Å². The van der Waals surface area contributed by atoms with Crippen molar-refractivity contribution in [3.05, 3.63) is 70.5 Å². The fourth-order valence-corrected chi connectivity index (χ4v) is 2.08. The van der Waals surface area contributed by atoms with E-state index >= 15 is 0 Å². The van der Waals surface area contributed by atoms with Crippen molar-refractivity contribution < 1.29 is 4.39 Å². The highest BCUT2D eigenvalue weighted by Gasteiger charge is 2.07. The zero-order chi connectivity index (χ0) is 13.1. The molecular formula is C17H19F. The van der Waals surface area contributed by atoms with Crippen LogP contribution in [0.1, 0.15) is 42.0 Å². The standard InChI is InChI=1S/C17H19F/c1-12(2)14-8-9-16(17(18)11-14)10-15-7-5-4-6-13(15)3/h4-9,11-12H,10H2,1-3H3. The van der Waals surface area contributed by atoms with Crippen LogP contribution in [0.5, 0.6) is 0 Å². The van der Waals surface area contributed by atoms with Crippen LogP contribution in [0.25, 0.3) is 0 Å². The minimum atomic E-state index is -0.0931. The Morgan fingerprint density at radius 1 is 1.00 bits per heavy atom. The molecule has 2 rings (SSSR count). The maximum atomic E-state index is 14.0. The molecule has 0 atom stereocenters. The number of aryl methyl sites for hydroxylation is 1. The van der Waals surface area contributed by atoms with E-state index in [9.17, 15) is 4.39 Å². The third-order valence-electron chi connectivity index (χ3n) is 3.39. The fraction of sp³-hybridized carbons (Fsp3) is 0.294. The number of hydrogen-bond acceptors (Lipinski definition) is 0. The van der Waals surface area contributed by atoms with Gasteiger partial charge in [0.05, 0.1) is 0 Å². The van der Waals surface area contributed by atoms with Gasteiger partial charge in [0, 0.05) is 6.42 Å². The maximum absolute atomic E-state index is 14.0. The van der Waals surface area contributed by atoms with Crippen LogP contribution in [0.15, 0.2) is 42.5 Å². The average Bonchev–Trinajstić information content (AvgIpc) is 2.34. The van der Waals surface area contributed by atoms with E-state index in [1.807, 2.05) is 24.3 Å². The van der Waals surface area contributed by atoms with Gasteiger partial charge in [-0.2, -0.15) is 0 Å². The zero-order valence-electron chi connectivity index (χ0n) is 11.2. The van der Waals surface area contributed by atoms with E-state index in [0.717, 1.165) is 11.1 Å². The molecule has 0 bridgehead atoms. The molecule has 0 aliphatic rings. The van der Waals surface area contributed by atoms with E-state index in [1.165, 1.54) is 11.1 Å². The highest BCUT2D eigenvalue weighted by molar-refractivity contribution is 5.34. The molecule has 0 radical (unpaired) electrons. The molecule has 18 heavy (non-hydrogen) atoms. The van der Waals surface area contributed by atoms with E-state index in [2.05, 4.69) is 32.9 Å². The molecule has 2 aromatic rings. The predicted octanol–water partition coefficient (Wildman–Crippen LogP) is 4.85. The van der Waals surface area contributed by atoms with Gasteiger partial charge in [0.15, 0.2) is 0 Å². The highest BCUT2D eigenvalue weighted by atomic mass is 19.1. The van der Waals surface area contributed by atoms with Crippen molar-refractivity contribution in [3.63, 3.8) is 0 Å². The summed E-state index contributed by atoms with van der Waals surface area (Å²) in [4.78, 5) is 0.